The molecule has 132 valence electrons. The molecule has 3 aromatic rings. The van der Waals surface area contributed by atoms with Crippen LogP contribution in [0.5, 0.6) is 5.75 Å². The molecular formula is C19H19N5O2. The number of rotatable bonds is 5. The van der Waals surface area contributed by atoms with E-state index in [9.17, 15) is 4.79 Å². The van der Waals surface area contributed by atoms with Crippen molar-refractivity contribution in [3.05, 3.63) is 67.1 Å². The van der Waals surface area contributed by atoms with Gasteiger partial charge in [-0.3, -0.25) is 14.3 Å². The summed E-state index contributed by atoms with van der Waals surface area (Å²) < 4.78 is 7.41. The number of carbonyl (C=O) groups is 1. The molecule has 7 heteroatoms. The van der Waals surface area contributed by atoms with E-state index >= 15 is 0 Å². The van der Waals surface area contributed by atoms with Gasteiger partial charge in [-0.05, 0) is 25.0 Å². The van der Waals surface area contributed by atoms with Gasteiger partial charge in [-0.15, -0.1) is 0 Å². The molecule has 0 bridgehead atoms. The van der Waals surface area contributed by atoms with E-state index < -0.39 is 0 Å². The van der Waals surface area contributed by atoms with Crippen molar-refractivity contribution in [2.45, 2.75) is 18.9 Å². The van der Waals surface area contributed by atoms with Crippen LogP contribution < -0.4 is 4.74 Å². The largest absolute Gasteiger partial charge is 0.484 e. The molecule has 1 atom stereocenters. The zero-order chi connectivity index (χ0) is 17.8. The second-order valence-electron chi connectivity index (χ2n) is 6.12. The molecule has 7 nitrogen and oxygen atoms in total. The number of aromatic nitrogens is 4. The highest BCUT2D eigenvalue weighted by Gasteiger charge is 2.31. The molecule has 3 heterocycles. The second-order valence-corrected chi connectivity index (χ2v) is 6.12. The first-order valence-corrected chi connectivity index (χ1v) is 8.59. The van der Waals surface area contributed by atoms with Crippen molar-refractivity contribution < 1.29 is 9.53 Å². The maximum atomic E-state index is 12.7. The number of carbonyl (C=O) groups excluding carboxylic acids is 1. The summed E-state index contributed by atoms with van der Waals surface area (Å²) >= 11 is 0. The molecule has 1 amide bonds. The average molecular weight is 349 g/mol. The summed E-state index contributed by atoms with van der Waals surface area (Å²) in [6, 6.07) is 9.30. The van der Waals surface area contributed by atoms with Gasteiger partial charge in [0.05, 0.1) is 24.1 Å². The molecule has 1 aromatic carbocycles. The Kier molecular flexibility index (Phi) is 4.59. The van der Waals surface area contributed by atoms with Gasteiger partial charge >= 0.3 is 0 Å². The monoisotopic (exact) mass is 349 g/mol. The first-order chi connectivity index (χ1) is 12.8. The number of imidazole rings is 1. The summed E-state index contributed by atoms with van der Waals surface area (Å²) in [5.41, 5.74) is 0.793. The quantitative estimate of drug-likeness (QED) is 0.707. The summed E-state index contributed by atoms with van der Waals surface area (Å²) in [7, 11) is 0. The Hall–Kier alpha value is -3.22. The third kappa shape index (κ3) is 3.42. The fraction of sp³-hybridized carbons (Fsp3) is 0.263. The number of amides is 1. The highest BCUT2D eigenvalue weighted by Crippen LogP contribution is 2.31. The van der Waals surface area contributed by atoms with Gasteiger partial charge < -0.3 is 9.64 Å². The second kappa shape index (κ2) is 7.35. The van der Waals surface area contributed by atoms with Crippen molar-refractivity contribution in [3.63, 3.8) is 0 Å². The highest BCUT2D eigenvalue weighted by atomic mass is 16.5. The summed E-state index contributed by atoms with van der Waals surface area (Å²) in [5.74, 6) is 1.35. The van der Waals surface area contributed by atoms with E-state index in [1.807, 2.05) is 41.4 Å². The average Bonchev–Trinajstić information content (AvgIpc) is 3.39. The lowest BCUT2D eigenvalue weighted by molar-refractivity contribution is -0.134. The standard InChI is InChI=1S/C19H19N5O2/c25-19(13-26-15-5-2-1-3-6-15)24-9-4-7-17(24)16-11-21-12-18(22-16)23-10-8-20-14-23/h1-3,5-6,8,10-12,14,17H,4,7,9,13H2/t17-/m1/s1. The van der Waals surface area contributed by atoms with Crippen LogP contribution in [0.4, 0.5) is 0 Å². The minimum Gasteiger partial charge on any atom is -0.484 e. The predicted octanol–water partition coefficient (Wildman–Crippen LogP) is 2.40. The number of hydrogen-bond donors (Lipinski definition) is 0. The van der Waals surface area contributed by atoms with Crippen LogP contribution in [-0.2, 0) is 4.79 Å². The molecule has 0 N–H and O–H groups in total. The van der Waals surface area contributed by atoms with E-state index in [0.717, 1.165) is 18.5 Å². The Morgan fingerprint density at radius 1 is 1.19 bits per heavy atom. The Balaban J connectivity index is 1.48. The summed E-state index contributed by atoms with van der Waals surface area (Å²) in [5, 5.41) is 0. The molecule has 0 aliphatic carbocycles. The summed E-state index contributed by atoms with van der Waals surface area (Å²) in [6.45, 7) is 0.730. The van der Waals surface area contributed by atoms with E-state index in [0.29, 0.717) is 18.1 Å². The molecule has 1 aliphatic heterocycles. The molecular weight excluding hydrogens is 330 g/mol. The van der Waals surface area contributed by atoms with Crippen molar-refractivity contribution in [1.29, 1.82) is 0 Å². The van der Waals surface area contributed by atoms with Crippen molar-refractivity contribution >= 4 is 5.91 Å². The van der Waals surface area contributed by atoms with Crippen molar-refractivity contribution in [2.75, 3.05) is 13.2 Å². The van der Waals surface area contributed by atoms with Gasteiger partial charge in [0.1, 0.15) is 12.1 Å². The zero-order valence-corrected chi connectivity index (χ0v) is 14.2. The van der Waals surface area contributed by atoms with Gasteiger partial charge in [0.25, 0.3) is 5.91 Å². The topological polar surface area (TPSA) is 73.1 Å². The number of hydrogen-bond acceptors (Lipinski definition) is 5. The minimum absolute atomic E-state index is 0.0230. The third-order valence-electron chi connectivity index (χ3n) is 4.43. The predicted molar refractivity (Wildman–Crippen MR) is 94.8 cm³/mol. The van der Waals surface area contributed by atoms with Crippen molar-refractivity contribution in [3.8, 4) is 11.6 Å². The van der Waals surface area contributed by atoms with Gasteiger partial charge in [0, 0.05) is 18.9 Å². The molecule has 4 rings (SSSR count). The van der Waals surface area contributed by atoms with Crippen LogP contribution in [-0.4, -0.2) is 43.5 Å². The lowest BCUT2D eigenvalue weighted by atomic mass is 10.1. The van der Waals surface area contributed by atoms with Crippen LogP contribution in [0.15, 0.2) is 61.4 Å². The first-order valence-electron chi connectivity index (χ1n) is 8.59. The fourth-order valence-electron chi connectivity index (χ4n) is 3.17. The Morgan fingerprint density at radius 3 is 2.88 bits per heavy atom. The highest BCUT2D eigenvalue weighted by molar-refractivity contribution is 5.78. The summed E-state index contributed by atoms with van der Waals surface area (Å²) in [6.07, 6.45) is 10.4. The molecule has 1 fully saturated rings. The molecule has 0 spiro atoms. The van der Waals surface area contributed by atoms with Gasteiger partial charge in [0.2, 0.25) is 0 Å². The molecule has 1 saturated heterocycles. The zero-order valence-electron chi connectivity index (χ0n) is 14.2. The molecule has 2 aromatic heterocycles. The summed E-state index contributed by atoms with van der Waals surface area (Å²) in [4.78, 5) is 27.5. The SMILES string of the molecule is O=C(COc1ccccc1)N1CCC[C@@H]1c1cncc(-n2ccnc2)n1. The molecule has 1 aliphatic rings. The van der Waals surface area contributed by atoms with E-state index in [1.165, 1.54) is 0 Å². The van der Waals surface area contributed by atoms with Gasteiger partial charge in [0.15, 0.2) is 12.4 Å². The Bertz CT molecular complexity index is 867. The van der Waals surface area contributed by atoms with Crippen LogP contribution in [0, 0.1) is 0 Å². The smallest absolute Gasteiger partial charge is 0.261 e. The van der Waals surface area contributed by atoms with Gasteiger partial charge in [-0.25, -0.2) is 9.97 Å². The van der Waals surface area contributed by atoms with Crippen LogP contribution in [0.2, 0.25) is 0 Å². The van der Waals surface area contributed by atoms with Gasteiger partial charge in [-0.1, -0.05) is 18.2 Å². The first kappa shape index (κ1) is 16.3. The number of likely N-dealkylation sites (tertiary alicyclic amines) is 1. The van der Waals surface area contributed by atoms with Crippen molar-refractivity contribution in [1.82, 2.24) is 24.4 Å². The lowest BCUT2D eigenvalue weighted by Crippen LogP contribution is -2.35. The maximum Gasteiger partial charge on any atom is 0.261 e. The van der Waals surface area contributed by atoms with Crippen LogP contribution in [0.3, 0.4) is 0 Å². The lowest BCUT2D eigenvalue weighted by Gasteiger charge is -2.24. The fourth-order valence-corrected chi connectivity index (χ4v) is 3.17. The number of nitrogens with zero attached hydrogens (tertiary/aromatic N) is 5. The molecule has 0 saturated carbocycles. The van der Waals surface area contributed by atoms with Crippen LogP contribution in [0.1, 0.15) is 24.6 Å². The molecule has 0 unspecified atom stereocenters. The number of benzene rings is 1. The molecule has 26 heavy (non-hydrogen) atoms. The Morgan fingerprint density at radius 2 is 2.08 bits per heavy atom. The maximum absolute atomic E-state index is 12.7. The number of ether oxygens (including phenoxy) is 1. The normalized spacial score (nSPS) is 16.6. The van der Waals surface area contributed by atoms with Crippen LogP contribution in [0.25, 0.3) is 5.82 Å². The number of para-hydroxylation sites is 1. The Labute approximate surface area is 151 Å². The van der Waals surface area contributed by atoms with E-state index in [4.69, 9.17) is 4.74 Å². The van der Waals surface area contributed by atoms with E-state index in [1.54, 1.807) is 29.5 Å². The molecule has 0 radical (unpaired) electrons. The van der Waals surface area contributed by atoms with Gasteiger partial charge in [-0.2, -0.15) is 0 Å². The van der Waals surface area contributed by atoms with Crippen molar-refractivity contribution in [2.24, 2.45) is 0 Å². The minimum atomic E-state index is -0.0714. The third-order valence-corrected chi connectivity index (χ3v) is 4.43. The van der Waals surface area contributed by atoms with Crippen LogP contribution >= 0.6 is 0 Å². The van der Waals surface area contributed by atoms with E-state index in [-0.39, 0.29) is 18.6 Å². The van der Waals surface area contributed by atoms with E-state index in [2.05, 4.69) is 15.0 Å².